The second-order valence-electron chi connectivity index (χ2n) is 4.02. The summed E-state index contributed by atoms with van der Waals surface area (Å²) in [5, 5.41) is 12.5. The van der Waals surface area contributed by atoms with E-state index >= 15 is 0 Å². The van der Waals surface area contributed by atoms with E-state index in [1.165, 1.54) is 16.3 Å². The van der Waals surface area contributed by atoms with Gasteiger partial charge in [0.25, 0.3) is 0 Å². The number of aromatic nitrogens is 2. The molecule has 0 unspecified atom stereocenters. The number of rotatable bonds is 3. The molecule has 0 amide bonds. The van der Waals surface area contributed by atoms with Crippen LogP contribution in [0.15, 0.2) is 54.9 Å². The first-order valence-corrected chi connectivity index (χ1v) is 5.62. The molecule has 17 heavy (non-hydrogen) atoms. The molecule has 3 aromatic rings. The molecule has 1 heterocycles. The Morgan fingerprint density at radius 1 is 1.06 bits per heavy atom. The number of anilines is 1. The SMILES string of the molecule is c1ccc2cc(CNc3cn[nH]c3)ccc2c1. The summed E-state index contributed by atoms with van der Waals surface area (Å²) in [4.78, 5) is 0. The van der Waals surface area contributed by atoms with Crippen LogP contribution in [-0.4, -0.2) is 10.2 Å². The number of aromatic amines is 1. The fourth-order valence-corrected chi connectivity index (χ4v) is 1.90. The Morgan fingerprint density at radius 2 is 1.94 bits per heavy atom. The lowest BCUT2D eigenvalue weighted by atomic mass is 10.1. The summed E-state index contributed by atoms with van der Waals surface area (Å²) in [5.74, 6) is 0. The number of benzene rings is 2. The van der Waals surface area contributed by atoms with E-state index < -0.39 is 0 Å². The number of hydrogen-bond donors (Lipinski definition) is 2. The van der Waals surface area contributed by atoms with Gasteiger partial charge in [0, 0.05) is 12.7 Å². The van der Waals surface area contributed by atoms with Gasteiger partial charge in [-0.05, 0) is 22.4 Å². The predicted molar refractivity (Wildman–Crippen MR) is 69.9 cm³/mol. The van der Waals surface area contributed by atoms with E-state index in [9.17, 15) is 0 Å². The topological polar surface area (TPSA) is 40.7 Å². The molecule has 0 spiro atoms. The average Bonchev–Trinajstić information content (AvgIpc) is 2.89. The van der Waals surface area contributed by atoms with Crippen LogP contribution >= 0.6 is 0 Å². The Bertz CT molecular complexity index is 614. The van der Waals surface area contributed by atoms with E-state index in [0.29, 0.717) is 0 Å². The van der Waals surface area contributed by atoms with E-state index in [1.807, 2.05) is 6.20 Å². The fraction of sp³-hybridized carbons (Fsp3) is 0.0714. The molecule has 0 aliphatic rings. The van der Waals surface area contributed by atoms with Gasteiger partial charge in [-0.3, -0.25) is 5.10 Å². The third-order valence-electron chi connectivity index (χ3n) is 2.81. The van der Waals surface area contributed by atoms with Gasteiger partial charge in [0.05, 0.1) is 11.9 Å². The number of nitrogens with zero attached hydrogens (tertiary/aromatic N) is 1. The summed E-state index contributed by atoms with van der Waals surface area (Å²) in [7, 11) is 0. The number of hydrogen-bond acceptors (Lipinski definition) is 2. The van der Waals surface area contributed by atoms with Crippen LogP contribution in [-0.2, 0) is 6.54 Å². The second-order valence-corrected chi connectivity index (χ2v) is 4.02. The zero-order valence-corrected chi connectivity index (χ0v) is 9.35. The Kier molecular flexibility index (Phi) is 2.50. The van der Waals surface area contributed by atoms with E-state index in [0.717, 1.165) is 12.2 Å². The molecular formula is C14H13N3. The van der Waals surface area contributed by atoms with Gasteiger partial charge in [0.1, 0.15) is 0 Å². The third-order valence-corrected chi connectivity index (χ3v) is 2.81. The minimum Gasteiger partial charge on any atom is -0.378 e. The molecule has 0 radical (unpaired) electrons. The molecule has 3 heteroatoms. The van der Waals surface area contributed by atoms with Gasteiger partial charge in [-0.15, -0.1) is 0 Å². The lowest BCUT2D eigenvalue weighted by molar-refractivity contribution is 1.09. The zero-order valence-electron chi connectivity index (χ0n) is 9.35. The Labute approximate surface area is 99.5 Å². The van der Waals surface area contributed by atoms with Crippen LogP contribution in [0, 0.1) is 0 Å². The maximum Gasteiger partial charge on any atom is 0.0726 e. The monoisotopic (exact) mass is 223 g/mol. The summed E-state index contributed by atoms with van der Waals surface area (Å²) in [6.45, 7) is 0.810. The Balaban J connectivity index is 1.81. The van der Waals surface area contributed by atoms with Crippen LogP contribution in [0.25, 0.3) is 10.8 Å². The largest absolute Gasteiger partial charge is 0.378 e. The second kappa shape index (κ2) is 4.29. The van der Waals surface area contributed by atoms with E-state index in [2.05, 4.69) is 58.0 Å². The number of fused-ring (bicyclic) bond motifs is 1. The minimum atomic E-state index is 0.810. The Morgan fingerprint density at radius 3 is 2.76 bits per heavy atom. The molecule has 2 N–H and O–H groups in total. The highest BCUT2D eigenvalue weighted by Gasteiger charge is 1.97. The van der Waals surface area contributed by atoms with Crippen LogP contribution in [0.2, 0.25) is 0 Å². The van der Waals surface area contributed by atoms with Crippen molar-refractivity contribution in [2.24, 2.45) is 0 Å². The van der Waals surface area contributed by atoms with Crippen molar-refractivity contribution in [2.45, 2.75) is 6.54 Å². The van der Waals surface area contributed by atoms with Gasteiger partial charge in [-0.2, -0.15) is 5.10 Å². The molecule has 0 aliphatic carbocycles. The van der Waals surface area contributed by atoms with Crippen molar-refractivity contribution in [3.63, 3.8) is 0 Å². The van der Waals surface area contributed by atoms with Crippen LogP contribution in [0.1, 0.15) is 5.56 Å². The highest BCUT2D eigenvalue weighted by atomic mass is 15.1. The van der Waals surface area contributed by atoms with Crippen molar-refractivity contribution in [1.82, 2.24) is 10.2 Å². The van der Waals surface area contributed by atoms with Crippen LogP contribution < -0.4 is 5.32 Å². The normalized spacial score (nSPS) is 10.6. The number of nitrogens with one attached hydrogen (secondary N) is 2. The lowest BCUT2D eigenvalue weighted by Gasteiger charge is -2.05. The minimum absolute atomic E-state index is 0.810. The molecule has 1 aromatic heterocycles. The van der Waals surface area contributed by atoms with Gasteiger partial charge in [0.2, 0.25) is 0 Å². The predicted octanol–water partition coefficient (Wildman–Crippen LogP) is 3.18. The maximum atomic E-state index is 3.90. The zero-order chi connectivity index (χ0) is 11.5. The van der Waals surface area contributed by atoms with Crippen molar-refractivity contribution in [3.8, 4) is 0 Å². The van der Waals surface area contributed by atoms with E-state index in [1.54, 1.807) is 6.20 Å². The van der Waals surface area contributed by atoms with Gasteiger partial charge in [-0.25, -0.2) is 0 Å². The summed E-state index contributed by atoms with van der Waals surface area (Å²) in [6, 6.07) is 14.9. The summed E-state index contributed by atoms with van der Waals surface area (Å²) in [6.07, 6.45) is 3.63. The van der Waals surface area contributed by atoms with Gasteiger partial charge >= 0.3 is 0 Å². The highest BCUT2D eigenvalue weighted by molar-refractivity contribution is 5.83. The van der Waals surface area contributed by atoms with Gasteiger partial charge in [-0.1, -0.05) is 36.4 Å². The van der Waals surface area contributed by atoms with Crippen LogP contribution in [0.5, 0.6) is 0 Å². The molecule has 3 nitrogen and oxygen atoms in total. The van der Waals surface area contributed by atoms with E-state index in [4.69, 9.17) is 0 Å². The molecule has 0 bridgehead atoms. The van der Waals surface area contributed by atoms with Crippen molar-refractivity contribution in [3.05, 3.63) is 60.4 Å². The smallest absolute Gasteiger partial charge is 0.0726 e. The highest BCUT2D eigenvalue weighted by Crippen LogP contribution is 2.16. The molecule has 0 saturated carbocycles. The van der Waals surface area contributed by atoms with Crippen molar-refractivity contribution in [2.75, 3.05) is 5.32 Å². The molecule has 2 aromatic carbocycles. The summed E-state index contributed by atoms with van der Waals surface area (Å²) < 4.78 is 0. The van der Waals surface area contributed by atoms with Crippen molar-refractivity contribution >= 4 is 16.5 Å². The first-order chi connectivity index (χ1) is 8.42. The van der Waals surface area contributed by atoms with Gasteiger partial charge in [0.15, 0.2) is 0 Å². The number of H-pyrrole nitrogens is 1. The first-order valence-electron chi connectivity index (χ1n) is 5.62. The summed E-state index contributed by atoms with van der Waals surface area (Å²) >= 11 is 0. The van der Waals surface area contributed by atoms with E-state index in [-0.39, 0.29) is 0 Å². The lowest BCUT2D eigenvalue weighted by Crippen LogP contribution is -1.97. The van der Waals surface area contributed by atoms with Crippen LogP contribution in [0.4, 0.5) is 5.69 Å². The molecular weight excluding hydrogens is 210 g/mol. The quantitative estimate of drug-likeness (QED) is 0.716. The molecule has 84 valence electrons. The molecule has 0 fully saturated rings. The third kappa shape index (κ3) is 2.13. The first kappa shape index (κ1) is 9.90. The average molecular weight is 223 g/mol. The summed E-state index contributed by atoms with van der Waals surface area (Å²) in [5.41, 5.74) is 2.28. The standard InChI is InChI=1S/C14H13N3/c1-2-4-13-7-11(5-6-12(13)3-1)8-15-14-9-16-17-10-14/h1-7,9-10,15H,8H2,(H,16,17). The molecule has 3 rings (SSSR count). The molecule has 0 aliphatic heterocycles. The molecule has 0 atom stereocenters. The maximum absolute atomic E-state index is 3.90. The van der Waals surface area contributed by atoms with Crippen LogP contribution in [0.3, 0.4) is 0 Å². The van der Waals surface area contributed by atoms with Crippen molar-refractivity contribution < 1.29 is 0 Å². The van der Waals surface area contributed by atoms with Gasteiger partial charge < -0.3 is 5.32 Å². The van der Waals surface area contributed by atoms with Crippen molar-refractivity contribution in [1.29, 1.82) is 0 Å². The molecule has 0 saturated heterocycles. The fourth-order valence-electron chi connectivity index (χ4n) is 1.90. The Hall–Kier alpha value is -2.29.